The van der Waals surface area contributed by atoms with E-state index in [2.05, 4.69) is 25.3 Å². The van der Waals surface area contributed by atoms with Crippen LogP contribution in [0.1, 0.15) is 19.3 Å². The van der Waals surface area contributed by atoms with E-state index < -0.39 is 17.7 Å². The Morgan fingerprint density at radius 1 is 1.35 bits per heavy atom. The number of aromatic nitrogens is 4. The first-order chi connectivity index (χ1) is 12.5. The quantitative estimate of drug-likeness (QED) is 0.645. The van der Waals surface area contributed by atoms with Gasteiger partial charge in [0.1, 0.15) is 5.65 Å². The smallest absolute Gasteiger partial charge is 0.306 e. The monoisotopic (exact) mass is 375 g/mol. The summed E-state index contributed by atoms with van der Waals surface area (Å²) in [6.45, 7) is 0. The molecule has 2 atom stereocenters. The SMILES string of the molecule is O=C(O)C1CC[C@@H](Nc2nc(-c3c[nH]c4ncc(Cl)cc34)ncc2F)C1. The maximum Gasteiger partial charge on any atom is 0.306 e. The highest BCUT2D eigenvalue weighted by Gasteiger charge is 2.30. The lowest BCUT2D eigenvalue weighted by Gasteiger charge is -2.14. The lowest BCUT2D eigenvalue weighted by molar-refractivity contribution is -0.141. The minimum atomic E-state index is -0.818. The third kappa shape index (κ3) is 3.08. The number of fused-ring (bicyclic) bond motifs is 1. The molecule has 3 N–H and O–H groups in total. The molecule has 1 fully saturated rings. The molecule has 3 aromatic heterocycles. The summed E-state index contributed by atoms with van der Waals surface area (Å²) in [6, 6.07) is 1.61. The van der Waals surface area contributed by atoms with Gasteiger partial charge >= 0.3 is 5.97 Å². The van der Waals surface area contributed by atoms with Crippen LogP contribution in [0.4, 0.5) is 10.2 Å². The van der Waals surface area contributed by atoms with Crippen molar-refractivity contribution in [1.29, 1.82) is 0 Å². The highest BCUT2D eigenvalue weighted by Crippen LogP contribution is 2.31. The Bertz CT molecular complexity index is 992. The van der Waals surface area contributed by atoms with Crippen LogP contribution in [-0.2, 0) is 4.79 Å². The Kier molecular flexibility index (Phi) is 4.20. The van der Waals surface area contributed by atoms with Crippen LogP contribution in [0.2, 0.25) is 5.02 Å². The Morgan fingerprint density at radius 3 is 2.96 bits per heavy atom. The second kappa shape index (κ2) is 6.53. The third-order valence-electron chi connectivity index (χ3n) is 4.61. The molecule has 26 heavy (non-hydrogen) atoms. The van der Waals surface area contributed by atoms with Crippen LogP contribution in [0.25, 0.3) is 22.4 Å². The molecule has 7 nitrogen and oxygen atoms in total. The molecule has 1 unspecified atom stereocenters. The van der Waals surface area contributed by atoms with Crippen LogP contribution >= 0.6 is 11.6 Å². The standard InChI is InChI=1S/C17H15ClFN5O2/c18-9-4-11-12(6-21-14(11)20-5-9)15-22-7-13(19)16(24-15)23-10-2-1-8(3-10)17(25)26/h4-8,10H,1-3H2,(H,20,21)(H,25,26)(H,22,23,24)/t8?,10-/m1/s1. The average molecular weight is 376 g/mol. The topological polar surface area (TPSA) is 104 Å². The highest BCUT2D eigenvalue weighted by atomic mass is 35.5. The van der Waals surface area contributed by atoms with Gasteiger partial charge in [0, 0.05) is 29.4 Å². The summed E-state index contributed by atoms with van der Waals surface area (Å²) in [7, 11) is 0. The first-order valence-electron chi connectivity index (χ1n) is 8.16. The molecule has 0 radical (unpaired) electrons. The van der Waals surface area contributed by atoms with Gasteiger partial charge in [-0.15, -0.1) is 0 Å². The second-order valence-electron chi connectivity index (χ2n) is 6.33. The fourth-order valence-corrected chi connectivity index (χ4v) is 3.45. The van der Waals surface area contributed by atoms with E-state index >= 15 is 0 Å². The lowest BCUT2D eigenvalue weighted by atomic mass is 10.1. The number of anilines is 1. The third-order valence-corrected chi connectivity index (χ3v) is 4.81. The summed E-state index contributed by atoms with van der Waals surface area (Å²) >= 11 is 6.01. The predicted octanol–water partition coefficient (Wildman–Crippen LogP) is 3.48. The number of rotatable bonds is 4. The van der Waals surface area contributed by atoms with Crippen LogP contribution in [0.3, 0.4) is 0 Å². The number of carboxylic acids is 1. The Balaban J connectivity index is 1.64. The fourth-order valence-electron chi connectivity index (χ4n) is 3.29. The van der Waals surface area contributed by atoms with Gasteiger partial charge < -0.3 is 15.4 Å². The largest absolute Gasteiger partial charge is 0.481 e. The molecule has 9 heteroatoms. The molecule has 0 aromatic carbocycles. The van der Waals surface area contributed by atoms with E-state index in [1.165, 1.54) is 6.20 Å². The molecule has 134 valence electrons. The van der Waals surface area contributed by atoms with E-state index in [0.717, 1.165) is 11.6 Å². The van der Waals surface area contributed by atoms with Crippen LogP contribution in [0.5, 0.6) is 0 Å². The molecule has 4 rings (SSSR count). The van der Waals surface area contributed by atoms with Gasteiger partial charge in [-0.2, -0.15) is 0 Å². The molecule has 0 amide bonds. The minimum absolute atomic E-state index is 0.0652. The van der Waals surface area contributed by atoms with E-state index in [4.69, 9.17) is 16.7 Å². The summed E-state index contributed by atoms with van der Waals surface area (Å²) < 4.78 is 14.2. The number of nitrogens with one attached hydrogen (secondary N) is 2. The number of H-pyrrole nitrogens is 1. The fraction of sp³-hybridized carbons (Fsp3) is 0.294. The molecule has 0 aliphatic heterocycles. The van der Waals surface area contributed by atoms with Crippen molar-refractivity contribution in [3.63, 3.8) is 0 Å². The number of pyridine rings is 1. The Hall–Kier alpha value is -2.74. The Labute approximate surface area is 152 Å². The molecule has 3 aromatic rings. The maximum absolute atomic E-state index is 14.2. The maximum atomic E-state index is 14.2. The summed E-state index contributed by atoms with van der Waals surface area (Å²) in [6.07, 6.45) is 6.00. The van der Waals surface area contributed by atoms with E-state index in [0.29, 0.717) is 41.3 Å². The van der Waals surface area contributed by atoms with Gasteiger partial charge in [-0.1, -0.05) is 11.6 Å². The normalized spacial score (nSPS) is 19.8. The number of halogens is 2. The van der Waals surface area contributed by atoms with Crippen LogP contribution < -0.4 is 5.32 Å². The van der Waals surface area contributed by atoms with Gasteiger partial charge in [-0.25, -0.2) is 19.3 Å². The van der Waals surface area contributed by atoms with Crippen LogP contribution in [-0.4, -0.2) is 37.1 Å². The molecule has 1 aliphatic rings. The van der Waals surface area contributed by atoms with Crippen LogP contribution in [0, 0.1) is 11.7 Å². The number of nitrogens with zero attached hydrogens (tertiary/aromatic N) is 3. The predicted molar refractivity (Wildman–Crippen MR) is 94.5 cm³/mol. The number of aliphatic carboxylic acids is 1. The van der Waals surface area contributed by atoms with Crippen molar-refractivity contribution in [2.75, 3.05) is 5.32 Å². The molecule has 1 saturated carbocycles. The first kappa shape index (κ1) is 16.7. The van der Waals surface area contributed by atoms with Crippen molar-refractivity contribution < 1.29 is 14.3 Å². The molecular weight excluding hydrogens is 361 g/mol. The number of hydrogen-bond donors (Lipinski definition) is 3. The summed E-state index contributed by atoms with van der Waals surface area (Å²) in [5.41, 5.74) is 1.29. The van der Waals surface area contributed by atoms with E-state index in [-0.39, 0.29) is 11.9 Å². The van der Waals surface area contributed by atoms with Gasteiger partial charge in [0.25, 0.3) is 0 Å². The Morgan fingerprint density at radius 2 is 2.19 bits per heavy atom. The zero-order valence-electron chi connectivity index (χ0n) is 13.5. The molecule has 0 saturated heterocycles. The van der Waals surface area contributed by atoms with E-state index in [1.54, 1.807) is 12.3 Å². The van der Waals surface area contributed by atoms with Crippen LogP contribution in [0.15, 0.2) is 24.7 Å². The van der Waals surface area contributed by atoms with Crippen molar-refractivity contribution in [1.82, 2.24) is 19.9 Å². The summed E-state index contributed by atoms with van der Waals surface area (Å²) in [5, 5.41) is 13.3. The number of carboxylic acid groups (broad SMARTS) is 1. The van der Waals surface area contributed by atoms with Gasteiger partial charge in [0.2, 0.25) is 0 Å². The lowest BCUT2D eigenvalue weighted by Crippen LogP contribution is -2.19. The van der Waals surface area contributed by atoms with Gasteiger partial charge in [0.15, 0.2) is 17.5 Å². The van der Waals surface area contributed by atoms with Gasteiger partial charge in [0.05, 0.1) is 17.1 Å². The van der Waals surface area contributed by atoms with E-state index in [9.17, 15) is 9.18 Å². The zero-order valence-corrected chi connectivity index (χ0v) is 14.3. The van der Waals surface area contributed by atoms with Gasteiger partial charge in [-0.3, -0.25) is 4.79 Å². The van der Waals surface area contributed by atoms with Crippen molar-refractivity contribution in [2.45, 2.75) is 25.3 Å². The van der Waals surface area contributed by atoms with Crippen molar-refractivity contribution in [3.8, 4) is 11.4 Å². The molecule has 0 bridgehead atoms. The second-order valence-corrected chi connectivity index (χ2v) is 6.77. The zero-order chi connectivity index (χ0) is 18.3. The summed E-state index contributed by atoms with van der Waals surface area (Å²) in [5.74, 6) is -1.41. The average Bonchev–Trinajstić information content (AvgIpc) is 3.23. The summed E-state index contributed by atoms with van der Waals surface area (Å²) in [4.78, 5) is 26.6. The highest BCUT2D eigenvalue weighted by molar-refractivity contribution is 6.31. The van der Waals surface area contributed by atoms with Crippen molar-refractivity contribution >= 4 is 34.4 Å². The molecule has 3 heterocycles. The first-order valence-corrected chi connectivity index (χ1v) is 8.54. The minimum Gasteiger partial charge on any atom is -0.481 e. The van der Waals surface area contributed by atoms with Gasteiger partial charge in [-0.05, 0) is 25.3 Å². The number of aromatic amines is 1. The van der Waals surface area contributed by atoms with E-state index in [1.807, 2.05) is 0 Å². The molecule has 1 aliphatic carbocycles. The molecule has 0 spiro atoms. The molecular formula is C17H15ClFN5O2. The van der Waals surface area contributed by atoms with Crippen molar-refractivity contribution in [3.05, 3.63) is 35.5 Å². The van der Waals surface area contributed by atoms with Crippen molar-refractivity contribution in [2.24, 2.45) is 5.92 Å². The number of carbonyl (C=O) groups is 1. The number of hydrogen-bond acceptors (Lipinski definition) is 5.